The van der Waals surface area contributed by atoms with Gasteiger partial charge in [0.15, 0.2) is 0 Å². The molecule has 0 fully saturated rings. The summed E-state index contributed by atoms with van der Waals surface area (Å²) < 4.78 is 5.62. The predicted octanol–water partition coefficient (Wildman–Crippen LogP) is 2.48. The van der Waals surface area contributed by atoms with Crippen LogP contribution in [-0.4, -0.2) is 27.4 Å². The number of pyridine rings is 2. The molecule has 0 atom stereocenters. The molecule has 0 aliphatic heterocycles. The van der Waals surface area contributed by atoms with Crippen molar-refractivity contribution < 1.29 is 9.53 Å². The number of ether oxygens (including phenoxy) is 1. The van der Waals surface area contributed by atoms with E-state index in [0.717, 1.165) is 16.5 Å². The lowest BCUT2D eigenvalue weighted by molar-refractivity contribution is 0.0954. The van der Waals surface area contributed by atoms with E-state index in [2.05, 4.69) is 20.3 Å². The van der Waals surface area contributed by atoms with E-state index >= 15 is 0 Å². The standard InChI is InChI=1S/C17H16N4O2S/c22-17(13-3-7-18-8-4-13)20-9-5-14-12-24-16(21-14)11-23-15-2-1-6-19-10-15/h1-4,6-8,10,12H,5,9,11H2,(H,20,22). The first-order valence-corrected chi connectivity index (χ1v) is 8.33. The molecular weight excluding hydrogens is 324 g/mol. The molecule has 3 heterocycles. The molecule has 1 N–H and O–H groups in total. The Morgan fingerprint density at radius 3 is 2.83 bits per heavy atom. The second kappa shape index (κ2) is 8.16. The highest BCUT2D eigenvalue weighted by molar-refractivity contribution is 7.09. The van der Waals surface area contributed by atoms with Gasteiger partial charge in [-0.05, 0) is 24.3 Å². The van der Waals surface area contributed by atoms with Crippen LogP contribution in [0.25, 0.3) is 0 Å². The van der Waals surface area contributed by atoms with Gasteiger partial charge in [0.2, 0.25) is 0 Å². The summed E-state index contributed by atoms with van der Waals surface area (Å²) in [5.74, 6) is 0.617. The first-order chi connectivity index (χ1) is 11.8. The Balaban J connectivity index is 1.44. The van der Waals surface area contributed by atoms with Crippen molar-refractivity contribution in [1.82, 2.24) is 20.3 Å². The van der Waals surface area contributed by atoms with Crippen LogP contribution in [0, 0.1) is 0 Å². The molecule has 0 spiro atoms. The van der Waals surface area contributed by atoms with Gasteiger partial charge in [-0.1, -0.05) is 0 Å². The van der Waals surface area contributed by atoms with Gasteiger partial charge >= 0.3 is 0 Å². The highest BCUT2D eigenvalue weighted by atomic mass is 32.1. The van der Waals surface area contributed by atoms with Crippen molar-refractivity contribution in [2.24, 2.45) is 0 Å². The quantitative estimate of drug-likeness (QED) is 0.715. The predicted molar refractivity (Wildman–Crippen MR) is 91.0 cm³/mol. The van der Waals surface area contributed by atoms with Gasteiger partial charge in [-0.2, -0.15) is 0 Å². The van der Waals surface area contributed by atoms with Crippen molar-refractivity contribution in [3.8, 4) is 5.75 Å². The molecule has 0 aromatic carbocycles. The smallest absolute Gasteiger partial charge is 0.251 e. The second-order valence-corrected chi connectivity index (χ2v) is 5.89. The molecule has 0 saturated heterocycles. The topological polar surface area (TPSA) is 77.0 Å². The van der Waals surface area contributed by atoms with Crippen LogP contribution >= 0.6 is 11.3 Å². The summed E-state index contributed by atoms with van der Waals surface area (Å²) in [5, 5.41) is 5.76. The van der Waals surface area contributed by atoms with Crippen LogP contribution in [0.3, 0.4) is 0 Å². The minimum atomic E-state index is -0.104. The van der Waals surface area contributed by atoms with Crippen LogP contribution in [0.4, 0.5) is 0 Å². The third-order valence-electron chi connectivity index (χ3n) is 3.21. The molecule has 0 bridgehead atoms. The monoisotopic (exact) mass is 340 g/mol. The molecule has 3 aromatic heterocycles. The van der Waals surface area contributed by atoms with E-state index in [1.54, 1.807) is 48.3 Å². The molecule has 0 aliphatic carbocycles. The van der Waals surface area contributed by atoms with Gasteiger partial charge < -0.3 is 10.1 Å². The van der Waals surface area contributed by atoms with Crippen LogP contribution in [0.1, 0.15) is 21.1 Å². The molecule has 0 radical (unpaired) electrons. The van der Waals surface area contributed by atoms with Crippen LogP contribution in [0.5, 0.6) is 5.75 Å². The second-order valence-electron chi connectivity index (χ2n) is 4.95. The zero-order valence-corrected chi connectivity index (χ0v) is 13.7. The van der Waals surface area contributed by atoms with Gasteiger partial charge in [-0.25, -0.2) is 4.98 Å². The van der Waals surface area contributed by atoms with Gasteiger partial charge in [0.05, 0.1) is 11.9 Å². The maximum atomic E-state index is 11.9. The maximum Gasteiger partial charge on any atom is 0.251 e. The number of nitrogens with zero attached hydrogens (tertiary/aromatic N) is 3. The number of rotatable bonds is 7. The van der Waals surface area contributed by atoms with Crippen molar-refractivity contribution in [2.45, 2.75) is 13.0 Å². The number of aromatic nitrogens is 3. The largest absolute Gasteiger partial charge is 0.485 e. The fourth-order valence-corrected chi connectivity index (χ4v) is 2.76. The van der Waals surface area contributed by atoms with Gasteiger partial charge in [0.1, 0.15) is 17.4 Å². The summed E-state index contributed by atoms with van der Waals surface area (Å²) in [6.07, 6.45) is 7.26. The fraction of sp³-hybridized carbons (Fsp3) is 0.176. The van der Waals surface area contributed by atoms with Crippen molar-refractivity contribution in [2.75, 3.05) is 6.54 Å². The molecule has 6 nitrogen and oxygen atoms in total. The third-order valence-corrected chi connectivity index (χ3v) is 4.08. The van der Waals surface area contributed by atoms with Crippen molar-refractivity contribution in [1.29, 1.82) is 0 Å². The molecule has 3 aromatic rings. The number of carbonyl (C=O) groups is 1. The molecular formula is C17H16N4O2S. The summed E-state index contributed by atoms with van der Waals surface area (Å²) in [6, 6.07) is 7.06. The van der Waals surface area contributed by atoms with E-state index in [-0.39, 0.29) is 5.91 Å². The van der Waals surface area contributed by atoms with E-state index in [1.807, 2.05) is 17.5 Å². The zero-order valence-electron chi connectivity index (χ0n) is 12.9. The molecule has 0 aliphatic rings. The minimum absolute atomic E-state index is 0.104. The average molecular weight is 340 g/mol. The Morgan fingerprint density at radius 1 is 1.17 bits per heavy atom. The van der Waals surface area contributed by atoms with Crippen LogP contribution < -0.4 is 10.1 Å². The molecule has 24 heavy (non-hydrogen) atoms. The molecule has 0 unspecified atom stereocenters. The maximum absolute atomic E-state index is 11.9. The number of nitrogens with one attached hydrogen (secondary N) is 1. The third kappa shape index (κ3) is 4.60. The molecule has 1 amide bonds. The summed E-state index contributed by atoms with van der Waals surface area (Å²) >= 11 is 1.55. The highest BCUT2D eigenvalue weighted by Gasteiger charge is 2.06. The Labute approximate surface area is 143 Å². The molecule has 7 heteroatoms. The Morgan fingerprint density at radius 2 is 2.04 bits per heavy atom. The van der Waals surface area contributed by atoms with E-state index < -0.39 is 0 Å². The lowest BCUT2D eigenvalue weighted by Gasteiger charge is -2.03. The van der Waals surface area contributed by atoms with Crippen LogP contribution in [0.15, 0.2) is 54.4 Å². The van der Waals surface area contributed by atoms with Crippen molar-refractivity contribution in [3.63, 3.8) is 0 Å². The highest BCUT2D eigenvalue weighted by Crippen LogP contribution is 2.14. The molecule has 3 rings (SSSR count). The normalized spacial score (nSPS) is 10.3. The van der Waals surface area contributed by atoms with Gasteiger partial charge in [0, 0.05) is 42.5 Å². The Kier molecular flexibility index (Phi) is 5.47. The summed E-state index contributed by atoms with van der Waals surface area (Å²) in [6.45, 7) is 0.952. The van der Waals surface area contributed by atoms with Gasteiger partial charge in [-0.15, -0.1) is 11.3 Å². The summed E-state index contributed by atoms with van der Waals surface area (Å²) in [4.78, 5) is 24.3. The minimum Gasteiger partial charge on any atom is -0.485 e. The number of carbonyl (C=O) groups excluding carboxylic acids is 1. The first kappa shape index (κ1) is 16.1. The van der Waals surface area contributed by atoms with E-state index in [9.17, 15) is 4.79 Å². The van der Waals surface area contributed by atoms with Gasteiger partial charge in [-0.3, -0.25) is 14.8 Å². The van der Waals surface area contributed by atoms with Crippen molar-refractivity contribution >= 4 is 17.2 Å². The fourth-order valence-electron chi connectivity index (χ4n) is 2.02. The average Bonchev–Trinajstić information content (AvgIpc) is 3.09. The van der Waals surface area contributed by atoms with E-state index in [0.29, 0.717) is 25.1 Å². The SMILES string of the molecule is O=C(NCCc1csc(COc2cccnc2)n1)c1ccncc1. The summed E-state index contributed by atoms with van der Waals surface area (Å²) in [7, 11) is 0. The lowest BCUT2D eigenvalue weighted by Crippen LogP contribution is -2.25. The number of thiazole rings is 1. The molecule has 0 saturated carbocycles. The Bertz CT molecular complexity index is 778. The van der Waals surface area contributed by atoms with Gasteiger partial charge in [0.25, 0.3) is 5.91 Å². The number of hydrogen-bond donors (Lipinski definition) is 1. The van der Waals surface area contributed by atoms with E-state index in [4.69, 9.17) is 4.74 Å². The summed E-state index contributed by atoms with van der Waals surface area (Å²) in [5.41, 5.74) is 1.55. The van der Waals surface area contributed by atoms with Crippen LogP contribution in [0.2, 0.25) is 0 Å². The zero-order chi connectivity index (χ0) is 16.6. The number of hydrogen-bond acceptors (Lipinski definition) is 6. The molecule has 122 valence electrons. The van der Waals surface area contributed by atoms with Crippen molar-refractivity contribution in [3.05, 3.63) is 70.7 Å². The van der Waals surface area contributed by atoms with E-state index in [1.165, 1.54) is 0 Å². The van der Waals surface area contributed by atoms with Crippen LogP contribution in [-0.2, 0) is 13.0 Å². The first-order valence-electron chi connectivity index (χ1n) is 7.45. The number of amides is 1. The lowest BCUT2D eigenvalue weighted by atomic mass is 10.2. The Hall–Kier alpha value is -2.80.